The summed E-state index contributed by atoms with van der Waals surface area (Å²) in [7, 11) is 0. The summed E-state index contributed by atoms with van der Waals surface area (Å²) in [6, 6.07) is 6.46. The number of aliphatic hydroxyl groups is 1. The number of benzene rings is 1. The molecule has 2 N–H and O–H groups in total. The molecule has 2 aliphatic rings. The molecule has 0 bridgehead atoms. The molecule has 1 aliphatic carbocycles. The van der Waals surface area contributed by atoms with E-state index < -0.39 is 24.1 Å². The van der Waals surface area contributed by atoms with Gasteiger partial charge >= 0.3 is 5.97 Å². The first kappa shape index (κ1) is 20.0. The van der Waals surface area contributed by atoms with Gasteiger partial charge in [0.2, 0.25) is 0 Å². The maximum absolute atomic E-state index is 12.6. The largest absolute Gasteiger partial charge is 0.508 e. The minimum atomic E-state index is -0.861. The van der Waals surface area contributed by atoms with E-state index in [0.29, 0.717) is 12.8 Å². The average Bonchev–Trinajstić information content (AvgIpc) is 3.47. The van der Waals surface area contributed by atoms with E-state index in [9.17, 15) is 24.6 Å². The minimum Gasteiger partial charge on any atom is -0.508 e. The highest BCUT2D eigenvalue weighted by Gasteiger charge is 2.51. The SMILES string of the molecule is CC(CC(=O)/C=C/c1ccc(O)cc1)C(=O)[C@H]1C[C@@H]1[C@H](O)[C@H]1CC=CC(=O)O1. The summed E-state index contributed by atoms with van der Waals surface area (Å²) in [6.07, 6.45) is 5.72. The highest BCUT2D eigenvalue weighted by Crippen LogP contribution is 2.45. The number of carbonyl (C=O) groups is 3. The van der Waals surface area contributed by atoms with Crippen molar-refractivity contribution in [2.45, 2.75) is 38.4 Å². The number of allylic oxidation sites excluding steroid dienone is 1. The molecular weight excluding hydrogens is 360 g/mol. The number of ketones is 2. The number of aromatic hydroxyl groups is 1. The number of carbonyl (C=O) groups excluding carboxylic acids is 3. The van der Waals surface area contributed by atoms with Crippen molar-refractivity contribution >= 4 is 23.6 Å². The van der Waals surface area contributed by atoms with Crippen molar-refractivity contribution in [1.82, 2.24) is 0 Å². The molecule has 1 aromatic rings. The quantitative estimate of drug-likeness (QED) is 0.527. The molecule has 5 atom stereocenters. The predicted molar refractivity (Wildman–Crippen MR) is 102 cm³/mol. The topological polar surface area (TPSA) is 101 Å². The van der Waals surface area contributed by atoms with E-state index >= 15 is 0 Å². The summed E-state index contributed by atoms with van der Waals surface area (Å²) in [5, 5.41) is 19.6. The fourth-order valence-electron chi connectivity index (χ4n) is 3.55. The van der Waals surface area contributed by atoms with Crippen LogP contribution in [0.5, 0.6) is 5.75 Å². The van der Waals surface area contributed by atoms with E-state index in [1.807, 2.05) is 0 Å². The maximum atomic E-state index is 12.6. The number of hydrogen-bond donors (Lipinski definition) is 2. The van der Waals surface area contributed by atoms with Crippen molar-refractivity contribution in [3.8, 4) is 5.75 Å². The van der Waals surface area contributed by atoms with Crippen LogP contribution in [0.2, 0.25) is 0 Å². The Kier molecular flexibility index (Phi) is 6.09. The smallest absolute Gasteiger partial charge is 0.330 e. The number of esters is 1. The highest BCUT2D eigenvalue weighted by atomic mass is 16.6. The molecule has 6 heteroatoms. The zero-order chi connectivity index (χ0) is 20.3. The lowest BCUT2D eigenvalue weighted by atomic mass is 9.93. The molecule has 1 aliphatic heterocycles. The first-order valence-electron chi connectivity index (χ1n) is 9.44. The number of phenols is 1. The van der Waals surface area contributed by atoms with Crippen LogP contribution in [0.25, 0.3) is 6.08 Å². The van der Waals surface area contributed by atoms with Crippen LogP contribution in [0, 0.1) is 17.8 Å². The van der Waals surface area contributed by atoms with Gasteiger partial charge in [0.05, 0.1) is 6.10 Å². The van der Waals surface area contributed by atoms with Crippen LogP contribution < -0.4 is 0 Å². The summed E-state index contributed by atoms with van der Waals surface area (Å²) in [5.41, 5.74) is 0.784. The molecule has 1 heterocycles. The lowest BCUT2D eigenvalue weighted by Crippen LogP contribution is -2.35. The van der Waals surface area contributed by atoms with Gasteiger partial charge in [-0.3, -0.25) is 9.59 Å². The molecule has 0 amide bonds. The van der Waals surface area contributed by atoms with Crippen molar-refractivity contribution in [3.63, 3.8) is 0 Å². The third-order valence-electron chi connectivity index (χ3n) is 5.26. The van der Waals surface area contributed by atoms with Gasteiger partial charge in [0, 0.05) is 30.8 Å². The molecule has 6 nitrogen and oxygen atoms in total. The average molecular weight is 384 g/mol. The Balaban J connectivity index is 1.48. The summed E-state index contributed by atoms with van der Waals surface area (Å²) < 4.78 is 5.12. The number of cyclic esters (lactones) is 1. The number of Topliss-reactive ketones (excluding diaryl/α,β-unsaturated/α-hetero) is 1. The molecule has 148 valence electrons. The van der Waals surface area contributed by atoms with E-state index in [0.717, 1.165) is 5.56 Å². The number of hydrogen-bond acceptors (Lipinski definition) is 6. The Morgan fingerprint density at radius 1 is 1.29 bits per heavy atom. The predicted octanol–water partition coefficient (Wildman–Crippen LogP) is 2.44. The van der Waals surface area contributed by atoms with Gasteiger partial charge in [-0.05, 0) is 36.1 Å². The van der Waals surface area contributed by atoms with Gasteiger partial charge in [0.1, 0.15) is 17.6 Å². The fraction of sp³-hybridized carbons (Fsp3) is 0.409. The van der Waals surface area contributed by atoms with E-state index in [2.05, 4.69) is 0 Å². The Hall–Kier alpha value is -2.73. The van der Waals surface area contributed by atoms with Crippen LogP contribution in [-0.2, 0) is 19.1 Å². The maximum Gasteiger partial charge on any atom is 0.330 e. The monoisotopic (exact) mass is 384 g/mol. The molecule has 0 aromatic heterocycles. The first-order valence-corrected chi connectivity index (χ1v) is 9.44. The van der Waals surface area contributed by atoms with Crippen LogP contribution in [-0.4, -0.2) is 40.0 Å². The number of aliphatic hydroxyl groups excluding tert-OH is 1. The van der Waals surface area contributed by atoms with Crippen LogP contribution in [0.3, 0.4) is 0 Å². The van der Waals surface area contributed by atoms with Gasteiger partial charge in [-0.25, -0.2) is 4.79 Å². The second-order valence-electron chi connectivity index (χ2n) is 7.51. The van der Waals surface area contributed by atoms with Crippen LogP contribution in [0.4, 0.5) is 0 Å². The van der Waals surface area contributed by atoms with E-state index in [4.69, 9.17) is 4.74 Å². The van der Waals surface area contributed by atoms with Gasteiger partial charge < -0.3 is 14.9 Å². The summed E-state index contributed by atoms with van der Waals surface area (Å²) in [4.78, 5) is 36.0. The highest BCUT2D eigenvalue weighted by molar-refractivity contribution is 5.97. The van der Waals surface area contributed by atoms with Crippen molar-refractivity contribution in [2.75, 3.05) is 0 Å². The van der Waals surface area contributed by atoms with E-state index in [-0.39, 0.29) is 35.6 Å². The zero-order valence-corrected chi connectivity index (χ0v) is 15.7. The lowest BCUT2D eigenvalue weighted by molar-refractivity contribution is -0.151. The Bertz CT molecular complexity index is 807. The first-order chi connectivity index (χ1) is 13.3. The molecule has 0 spiro atoms. The van der Waals surface area contributed by atoms with Crippen LogP contribution in [0.15, 0.2) is 42.5 Å². The van der Waals surface area contributed by atoms with E-state index in [1.165, 1.54) is 24.3 Å². The molecule has 1 fully saturated rings. The zero-order valence-electron chi connectivity index (χ0n) is 15.7. The van der Waals surface area contributed by atoms with E-state index in [1.54, 1.807) is 31.2 Å². The molecular formula is C22H24O6. The third kappa shape index (κ3) is 4.95. The van der Waals surface area contributed by atoms with Crippen LogP contribution in [0.1, 0.15) is 31.7 Å². The van der Waals surface area contributed by atoms with Gasteiger partial charge in [0.25, 0.3) is 0 Å². The summed E-state index contributed by atoms with van der Waals surface area (Å²) in [6.45, 7) is 1.72. The number of rotatable bonds is 8. The van der Waals surface area contributed by atoms with Crippen molar-refractivity contribution in [2.24, 2.45) is 17.8 Å². The number of phenolic OH excluding ortho intramolecular Hbond substituents is 1. The molecule has 0 saturated heterocycles. The lowest BCUT2D eigenvalue weighted by Gasteiger charge is -2.24. The fourth-order valence-corrected chi connectivity index (χ4v) is 3.55. The number of ether oxygens (including phenoxy) is 1. The molecule has 0 radical (unpaired) electrons. The van der Waals surface area contributed by atoms with Gasteiger partial charge in [-0.1, -0.05) is 31.2 Å². The molecule has 1 saturated carbocycles. The molecule has 28 heavy (non-hydrogen) atoms. The summed E-state index contributed by atoms with van der Waals surface area (Å²) >= 11 is 0. The Morgan fingerprint density at radius 3 is 2.68 bits per heavy atom. The van der Waals surface area contributed by atoms with Crippen molar-refractivity contribution in [3.05, 3.63) is 48.1 Å². The molecule has 1 unspecified atom stereocenters. The standard InChI is InChI=1S/C22H24O6/c1-13(11-16(24)10-7-14-5-8-15(23)9-6-14)21(26)17-12-18(17)22(27)19-3-2-4-20(25)28-19/h2,4-10,13,17-19,22-23,27H,3,11-12H2,1H3/b10-7+/t13?,17-,18-,19+,22-/m0/s1. The summed E-state index contributed by atoms with van der Waals surface area (Å²) in [5.74, 6) is -1.45. The minimum absolute atomic E-state index is 0.0342. The second-order valence-corrected chi connectivity index (χ2v) is 7.51. The van der Waals surface area contributed by atoms with Gasteiger partial charge in [-0.2, -0.15) is 0 Å². The third-order valence-corrected chi connectivity index (χ3v) is 5.26. The molecule has 3 rings (SSSR count). The van der Waals surface area contributed by atoms with Crippen molar-refractivity contribution in [1.29, 1.82) is 0 Å². The second kappa shape index (κ2) is 8.52. The van der Waals surface area contributed by atoms with Gasteiger partial charge in [-0.15, -0.1) is 0 Å². The van der Waals surface area contributed by atoms with Crippen LogP contribution >= 0.6 is 0 Å². The Labute approximate surface area is 163 Å². The molecule has 1 aromatic carbocycles. The van der Waals surface area contributed by atoms with Gasteiger partial charge in [0.15, 0.2) is 5.78 Å². The van der Waals surface area contributed by atoms with Crippen molar-refractivity contribution < 1.29 is 29.3 Å². The Morgan fingerprint density at radius 2 is 2.00 bits per heavy atom. The normalized spacial score (nSPS) is 25.9.